The van der Waals surface area contributed by atoms with Gasteiger partial charge >= 0.3 is 0 Å². The van der Waals surface area contributed by atoms with Gasteiger partial charge in [-0.05, 0) is 37.0 Å². The zero-order valence-electron chi connectivity index (χ0n) is 10.7. The first-order chi connectivity index (χ1) is 6.89. The average Bonchev–Trinajstić information content (AvgIpc) is 2.43. The van der Waals surface area contributed by atoms with Crippen LogP contribution in [0.1, 0.15) is 47.5 Å². The first kappa shape index (κ1) is 12.5. The van der Waals surface area contributed by atoms with Gasteiger partial charge in [0.25, 0.3) is 0 Å². The van der Waals surface area contributed by atoms with Crippen molar-refractivity contribution in [1.82, 2.24) is 0 Å². The molecule has 0 saturated carbocycles. The SMILES string of the molecule is CC1=CCC(CC(C)C(C)C=O)C1(C)C. The number of carbonyl (C=O) groups is 1. The van der Waals surface area contributed by atoms with Crippen molar-refractivity contribution < 1.29 is 4.79 Å². The molecule has 0 aromatic heterocycles. The van der Waals surface area contributed by atoms with Crippen LogP contribution in [0.2, 0.25) is 0 Å². The number of rotatable bonds is 4. The summed E-state index contributed by atoms with van der Waals surface area (Å²) in [5, 5.41) is 0. The number of hydrogen-bond acceptors (Lipinski definition) is 1. The lowest BCUT2D eigenvalue weighted by atomic mass is 9.72. The summed E-state index contributed by atoms with van der Waals surface area (Å²) in [6.45, 7) is 11.1. The van der Waals surface area contributed by atoms with Crippen LogP contribution in [0.4, 0.5) is 0 Å². The van der Waals surface area contributed by atoms with E-state index in [0.717, 1.165) is 12.2 Å². The second-order valence-corrected chi connectivity index (χ2v) is 5.75. The Hall–Kier alpha value is -0.590. The molecule has 0 radical (unpaired) electrons. The Kier molecular flexibility index (Phi) is 3.75. The van der Waals surface area contributed by atoms with E-state index >= 15 is 0 Å². The molecule has 3 unspecified atom stereocenters. The quantitative estimate of drug-likeness (QED) is 0.507. The molecule has 1 heteroatoms. The molecule has 0 amide bonds. The van der Waals surface area contributed by atoms with Gasteiger partial charge < -0.3 is 4.79 Å². The topological polar surface area (TPSA) is 17.1 Å². The minimum Gasteiger partial charge on any atom is -0.303 e. The molecular weight excluding hydrogens is 184 g/mol. The number of allylic oxidation sites excluding steroid dienone is 2. The summed E-state index contributed by atoms with van der Waals surface area (Å²) in [5.41, 5.74) is 1.84. The first-order valence-corrected chi connectivity index (χ1v) is 6.02. The largest absolute Gasteiger partial charge is 0.303 e. The maximum Gasteiger partial charge on any atom is 0.123 e. The van der Waals surface area contributed by atoms with Crippen LogP contribution in [0.3, 0.4) is 0 Å². The summed E-state index contributed by atoms with van der Waals surface area (Å²) in [6, 6.07) is 0. The molecule has 1 aliphatic rings. The Morgan fingerprint density at radius 3 is 2.53 bits per heavy atom. The molecule has 0 heterocycles. The molecule has 0 fully saturated rings. The van der Waals surface area contributed by atoms with Crippen molar-refractivity contribution in [2.24, 2.45) is 23.2 Å². The van der Waals surface area contributed by atoms with E-state index in [1.54, 1.807) is 0 Å². The summed E-state index contributed by atoms with van der Waals surface area (Å²) in [4.78, 5) is 10.7. The zero-order valence-corrected chi connectivity index (χ0v) is 10.7. The van der Waals surface area contributed by atoms with Gasteiger partial charge in [-0.1, -0.05) is 39.3 Å². The summed E-state index contributed by atoms with van der Waals surface area (Å²) >= 11 is 0. The lowest BCUT2D eigenvalue weighted by Crippen LogP contribution is -2.24. The van der Waals surface area contributed by atoms with E-state index in [1.165, 1.54) is 18.4 Å². The van der Waals surface area contributed by atoms with Crippen LogP contribution < -0.4 is 0 Å². The third kappa shape index (κ3) is 2.50. The molecule has 1 aliphatic carbocycles. The monoisotopic (exact) mass is 208 g/mol. The van der Waals surface area contributed by atoms with Crippen molar-refractivity contribution in [2.75, 3.05) is 0 Å². The van der Waals surface area contributed by atoms with Gasteiger partial charge in [0.05, 0.1) is 0 Å². The molecule has 0 N–H and O–H groups in total. The second-order valence-electron chi connectivity index (χ2n) is 5.75. The fourth-order valence-electron chi connectivity index (χ4n) is 2.39. The lowest BCUT2D eigenvalue weighted by molar-refractivity contribution is -0.112. The van der Waals surface area contributed by atoms with E-state index in [4.69, 9.17) is 0 Å². The predicted molar refractivity (Wildman–Crippen MR) is 64.7 cm³/mol. The Balaban J connectivity index is 2.58. The van der Waals surface area contributed by atoms with Crippen molar-refractivity contribution in [2.45, 2.75) is 47.5 Å². The van der Waals surface area contributed by atoms with E-state index < -0.39 is 0 Å². The minimum atomic E-state index is 0.196. The van der Waals surface area contributed by atoms with Crippen LogP contribution in [0.25, 0.3) is 0 Å². The van der Waals surface area contributed by atoms with Crippen molar-refractivity contribution in [3.63, 3.8) is 0 Å². The van der Waals surface area contributed by atoms with E-state index in [0.29, 0.717) is 11.3 Å². The van der Waals surface area contributed by atoms with E-state index in [2.05, 4.69) is 33.8 Å². The van der Waals surface area contributed by atoms with Gasteiger partial charge in [0, 0.05) is 5.92 Å². The first-order valence-electron chi connectivity index (χ1n) is 6.02. The van der Waals surface area contributed by atoms with Crippen molar-refractivity contribution in [3.8, 4) is 0 Å². The van der Waals surface area contributed by atoms with Crippen molar-refractivity contribution in [1.29, 1.82) is 0 Å². The summed E-state index contributed by atoms with van der Waals surface area (Å²) in [7, 11) is 0. The van der Waals surface area contributed by atoms with E-state index in [-0.39, 0.29) is 5.92 Å². The number of aldehydes is 1. The second kappa shape index (κ2) is 4.51. The molecule has 15 heavy (non-hydrogen) atoms. The maximum absolute atomic E-state index is 10.7. The van der Waals surface area contributed by atoms with Crippen molar-refractivity contribution in [3.05, 3.63) is 11.6 Å². The fourth-order valence-corrected chi connectivity index (χ4v) is 2.39. The Labute approximate surface area is 93.9 Å². The molecule has 0 saturated heterocycles. The van der Waals surface area contributed by atoms with Gasteiger partial charge in [-0.15, -0.1) is 0 Å². The molecule has 1 rings (SSSR count). The molecule has 0 bridgehead atoms. The summed E-state index contributed by atoms with van der Waals surface area (Å²) < 4.78 is 0. The molecule has 0 aromatic rings. The maximum atomic E-state index is 10.7. The molecule has 0 spiro atoms. The number of hydrogen-bond donors (Lipinski definition) is 0. The van der Waals surface area contributed by atoms with Crippen LogP contribution in [0.5, 0.6) is 0 Å². The number of carbonyl (C=O) groups excluding carboxylic acids is 1. The molecule has 3 atom stereocenters. The van der Waals surface area contributed by atoms with Gasteiger partial charge in [0.2, 0.25) is 0 Å². The van der Waals surface area contributed by atoms with Crippen molar-refractivity contribution >= 4 is 6.29 Å². The Morgan fingerprint density at radius 2 is 2.13 bits per heavy atom. The normalized spacial score (nSPS) is 28.3. The summed E-state index contributed by atoms with van der Waals surface area (Å²) in [6.07, 6.45) is 5.81. The van der Waals surface area contributed by atoms with E-state index in [1.807, 2.05) is 6.92 Å². The van der Waals surface area contributed by atoms with Crippen LogP contribution in [0.15, 0.2) is 11.6 Å². The smallest absolute Gasteiger partial charge is 0.123 e. The van der Waals surface area contributed by atoms with Crippen LogP contribution in [-0.4, -0.2) is 6.29 Å². The molecule has 0 aromatic carbocycles. The van der Waals surface area contributed by atoms with Gasteiger partial charge in [-0.3, -0.25) is 0 Å². The van der Waals surface area contributed by atoms with Gasteiger partial charge in [-0.2, -0.15) is 0 Å². The molecule has 0 aliphatic heterocycles. The van der Waals surface area contributed by atoms with Crippen LogP contribution in [0, 0.1) is 23.2 Å². The highest BCUT2D eigenvalue weighted by Gasteiger charge is 2.35. The Morgan fingerprint density at radius 1 is 1.53 bits per heavy atom. The van der Waals surface area contributed by atoms with E-state index in [9.17, 15) is 4.79 Å². The minimum absolute atomic E-state index is 0.196. The fraction of sp³-hybridized carbons (Fsp3) is 0.786. The lowest BCUT2D eigenvalue weighted by Gasteiger charge is -2.32. The van der Waals surface area contributed by atoms with Gasteiger partial charge in [-0.25, -0.2) is 0 Å². The Bertz CT molecular complexity index is 263. The van der Waals surface area contributed by atoms with Gasteiger partial charge in [0.1, 0.15) is 6.29 Å². The molecular formula is C14H24O. The average molecular weight is 208 g/mol. The standard InChI is InChI=1S/C14H24O/c1-10(11(2)9-15)8-13-7-6-12(3)14(13,4)5/h6,9-11,13H,7-8H2,1-5H3. The zero-order chi connectivity index (χ0) is 11.6. The molecule has 86 valence electrons. The van der Waals surface area contributed by atoms with Crippen LogP contribution >= 0.6 is 0 Å². The highest BCUT2D eigenvalue weighted by atomic mass is 16.1. The highest BCUT2D eigenvalue weighted by Crippen LogP contribution is 2.46. The third-order valence-electron chi connectivity index (χ3n) is 4.51. The van der Waals surface area contributed by atoms with Crippen LogP contribution in [-0.2, 0) is 4.79 Å². The van der Waals surface area contributed by atoms with Gasteiger partial charge in [0.15, 0.2) is 0 Å². The summed E-state index contributed by atoms with van der Waals surface area (Å²) in [5.74, 6) is 1.42. The molecule has 1 nitrogen and oxygen atoms in total. The third-order valence-corrected chi connectivity index (χ3v) is 4.51. The predicted octanol–water partition coefficient (Wildman–Crippen LogP) is 3.84. The highest BCUT2D eigenvalue weighted by molar-refractivity contribution is 5.53.